The van der Waals surface area contributed by atoms with Gasteiger partial charge in [-0.05, 0) is 87.6 Å². The van der Waals surface area contributed by atoms with Gasteiger partial charge in [0.1, 0.15) is 0 Å². The number of rotatable bonds is 6. The standard InChI is InChI=1S/C52H34N2S/c1-3-14-35(15-4-1)36-28-30-39(31-29-36)53(48-26-13-24-45-43-21-9-10-27-50(43)55-52(45)48)40-32-33-46-49(34-40)54(38-18-5-2-6-19-38)47-25-12-23-44(51(46)47)42-22-11-17-37-16-7-8-20-41(37)42/h1-34H. The highest BCUT2D eigenvalue weighted by molar-refractivity contribution is 7.26. The maximum atomic E-state index is 2.45. The van der Waals surface area contributed by atoms with Crippen molar-refractivity contribution in [2.45, 2.75) is 0 Å². The van der Waals surface area contributed by atoms with E-state index in [0.717, 1.165) is 17.1 Å². The Kier molecular flexibility index (Phi) is 7.39. The van der Waals surface area contributed by atoms with Gasteiger partial charge in [-0.1, -0.05) is 152 Å². The molecular formula is C52H34N2S. The van der Waals surface area contributed by atoms with Gasteiger partial charge in [-0.15, -0.1) is 11.3 Å². The van der Waals surface area contributed by atoms with Crippen LogP contribution in [-0.2, 0) is 0 Å². The monoisotopic (exact) mass is 718 g/mol. The van der Waals surface area contributed by atoms with E-state index in [9.17, 15) is 0 Å². The van der Waals surface area contributed by atoms with Gasteiger partial charge >= 0.3 is 0 Å². The van der Waals surface area contributed by atoms with Gasteiger partial charge in [0.05, 0.1) is 21.4 Å². The molecule has 258 valence electrons. The number of fused-ring (bicyclic) bond motifs is 7. The van der Waals surface area contributed by atoms with Crippen molar-refractivity contribution in [2.24, 2.45) is 0 Å². The zero-order valence-corrected chi connectivity index (χ0v) is 30.7. The second-order valence-corrected chi connectivity index (χ2v) is 15.2. The fraction of sp³-hybridized carbons (Fsp3) is 0. The van der Waals surface area contributed by atoms with E-state index in [1.807, 2.05) is 11.3 Å². The quantitative estimate of drug-likeness (QED) is 0.166. The van der Waals surface area contributed by atoms with E-state index in [1.54, 1.807) is 0 Å². The average Bonchev–Trinajstić information content (AvgIpc) is 3.81. The predicted molar refractivity (Wildman–Crippen MR) is 237 cm³/mol. The Morgan fingerprint density at radius 2 is 1.04 bits per heavy atom. The molecule has 2 aromatic heterocycles. The molecule has 0 aliphatic heterocycles. The third-order valence-corrected chi connectivity index (χ3v) is 12.2. The summed E-state index contributed by atoms with van der Waals surface area (Å²) in [5.74, 6) is 0. The molecule has 0 saturated heterocycles. The SMILES string of the molecule is c1ccc(-c2ccc(N(c3ccc4c5c(-c6cccc7ccccc67)cccc5n(-c5ccccc5)c4c3)c3cccc4c3sc3ccccc34)cc2)cc1. The van der Waals surface area contributed by atoms with Gasteiger partial charge in [-0.2, -0.15) is 0 Å². The lowest BCUT2D eigenvalue weighted by atomic mass is 9.94. The van der Waals surface area contributed by atoms with Crippen LogP contribution in [0.25, 0.3) is 80.7 Å². The molecule has 55 heavy (non-hydrogen) atoms. The first-order chi connectivity index (χ1) is 27.3. The molecule has 9 aromatic carbocycles. The molecule has 0 amide bonds. The molecule has 0 spiro atoms. The largest absolute Gasteiger partial charge is 0.309 e. The van der Waals surface area contributed by atoms with E-state index in [1.165, 1.54) is 80.7 Å². The van der Waals surface area contributed by atoms with Crippen LogP contribution < -0.4 is 4.90 Å². The number of thiophene rings is 1. The molecule has 11 aromatic rings. The van der Waals surface area contributed by atoms with Crippen LogP contribution in [0.2, 0.25) is 0 Å². The number of benzene rings is 9. The van der Waals surface area contributed by atoms with Gasteiger partial charge in [0.2, 0.25) is 0 Å². The van der Waals surface area contributed by atoms with Crippen molar-refractivity contribution < 1.29 is 0 Å². The summed E-state index contributed by atoms with van der Waals surface area (Å²) >= 11 is 1.87. The molecule has 3 heteroatoms. The first kappa shape index (κ1) is 31.6. The minimum Gasteiger partial charge on any atom is -0.309 e. The van der Waals surface area contributed by atoms with Crippen LogP contribution in [0.15, 0.2) is 206 Å². The summed E-state index contributed by atoms with van der Waals surface area (Å²) in [6.07, 6.45) is 0. The van der Waals surface area contributed by atoms with E-state index in [4.69, 9.17) is 0 Å². The predicted octanol–water partition coefficient (Wildman–Crippen LogP) is 15.1. The number of anilines is 3. The molecule has 11 rings (SSSR count). The highest BCUT2D eigenvalue weighted by Crippen LogP contribution is 2.47. The van der Waals surface area contributed by atoms with Crippen LogP contribution in [-0.4, -0.2) is 4.57 Å². The van der Waals surface area contributed by atoms with Gasteiger partial charge < -0.3 is 9.47 Å². The number of hydrogen-bond donors (Lipinski definition) is 0. The molecule has 0 radical (unpaired) electrons. The Balaban J connectivity index is 1.19. The Bertz CT molecular complexity index is 3190. The van der Waals surface area contributed by atoms with Crippen molar-refractivity contribution >= 4 is 81.1 Å². The number of aromatic nitrogens is 1. The van der Waals surface area contributed by atoms with Crippen LogP contribution in [0.3, 0.4) is 0 Å². The molecule has 0 atom stereocenters. The smallest absolute Gasteiger partial charge is 0.0640 e. The topological polar surface area (TPSA) is 8.17 Å². The zero-order chi connectivity index (χ0) is 36.3. The third-order valence-electron chi connectivity index (χ3n) is 11.0. The van der Waals surface area contributed by atoms with E-state index in [2.05, 4.69) is 216 Å². The van der Waals surface area contributed by atoms with E-state index in [0.29, 0.717) is 0 Å². The molecule has 0 N–H and O–H groups in total. The Morgan fingerprint density at radius 3 is 1.89 bits per heavy atom. The fourth-order valence-electron chi connectivity index (χ4n) is 8.50. The molecule has 0 unspecified atom stereocenters. The highest BCUT2D eigenvalue weighted by Gasteiger charge is 2.22. The minimum atomic E-state index is 1.11. The van der Waals surface area contributed by atoms with E-state index >= 15 is 0 Å². The van der Waals surface area contributed by atoms with E-state index < -0.39 is 0 Å². The lowest BCUT2D eigenvalue weighted by Crippen LogP contribution is -2.10. The molecular weight excluding hydrogens is 685 g/mol. The number of para-hydroxylation sites is 1. The van der Waals surface area contributed by atoms with Crippen molar-refractivity contribution in [3.8, 4) is 27.9 Å². The minimum absolute atomic E-state index is 1.11. The Labute approximate surface area is 323 Å². The first-order valence-electron chi connectivity index (χ1n) is 18.8. The summed E-state index contributed by atoms with van der Waals surface area (Å²) in [6.45, 7) is 0. The first-order valence-corrected chi connectivity index (χ1v) is 19.6. The van der Waals surface area contributed by atoms with Crippen LogP contribution in [0.5, 0.6) is 0 Å². The fourth-order valence-corrected chi connectivity index (χ4v) is 9.71. The van der Waals surface area contributed by atoms with Crippen molar-refractivity contribution in [1.82, 2.24) is 4.57 Å². The Hall–Kier alpha value is -6.94. The second-order valence-electron chi connectivity index (χ2n) is 14.1. The number of nitrogens with zero attached hydrogens (tertiary/aromatic N) is 2. The lowest BCUT2D eigenvalue weighted by molar-refractivity contribution is 1.18. The van der Waals surface area contributed by atoms with Gasteiger partial charge in [0.15, 0.2) is 0 Å². The van der Waals surface area contributed by atoms with Gasteiger partial charge in [0.25, 0.3) is 0 Å². The van der Waals surface area contributed by atoms with Crippen molar-refractivity contribution in [1.29, 1.82) is 0 Å². The summed E-state index contributed by atoms with van der Waals surface area (Å²) in [7, 11) is 0. The molecule has 0 saturated carbocycles. The van der Waals surface area contributed by atoms with Gasteiger partial charge in [-0.3, -0.25) is 0 Å². The number of hydrogen-bond acceptors (Lipinski definition) is 2. The van der Waals surface area contributed by atoms with Crippen LogP contribution in [0.4, 0.5) is 17.1 Å². The Morgan fingerprint density at radius 1 is 0.400 bits per heavy atom. The highest BCUT2D eigenvalue weighted by atomic mass is 32.1. The molecule has 2 nitrogen and oxygen atoms in total. The molecule has 0 aliphatic rings. The van der Waals surface area contributed by atoms with Crippen molar-refractivity contribution in [3.63, 3.8) is 0 Å². The van der Waals surface area contributed by atoms with Crippen LogP contribution in [0, 0.1) is 0 Å². The summed E-state index contributed by atoms with van der Waals surface area (Å²) < 4.78 is 5.02. The third kappa shape index (κ3) is 5.16. The average molecular weight is 719 g/mol. The normalized spacial score (nSPS) is 11.6. The molecule has 0 fully saturated rings. The maximum Gasteiger partial charge on any atom is 0.0640 e. The summed E-state index contributed by atoms with van der Waals surface area (Å²) in [4.78, 5) is 2.45. The van der Waals surface area contributed by atoms with E-state index in [-0.39, 0.29) is 0 Å². The maximum absolute atomic E-state index is 2.45. The molecule has 0 bridgehead atoms. The zero-order valence-electron chi connectivity index (χ0n) is 29.9. The molecule has 2 heterocycles. The van der Waals surface area contributed by atoms with Crippen molar-refractivity contribution in [3.05, 3.63) is 206 Å². The summed E-state index contributed by atoms with van der Waals surface area (Å²) in [6, 6.07) is 75.1. The van der Waals surface area contributed by atoms with Gasteiger partial charge in [0, 0.05) is 43.3 Å². The molecule has 0 aliphatic carbocycles. The van der Waals surface area contributed by atoms with Gasteiger partial charge in [-0.25, -0.2) is 0 Å². The summed E-state index contributed by atoms with van der Waals surface area (Å²) in [5.41, 5.74) is 11.8. The van der Waals surface area contributed by atoms with Crippen molar-refractivity contribution in [2.75, 3.05) is 4.90 Å². The lowest BCUT2D eigenvalue weighted by Gasteiger charge is -2.26. The van der Waals surface area contributed by atoms with Crippen LogP contribution in [0.1, 0.15) is 0 Å². The second kappa shape index (κ2) is 12.9. The van der Waals surface area contributed by atoms with Crippen LogP contribution >= 0.6 is 11.3 Å². The summed E-state index contributed by atoms with van der Waals surface area (Å²) in [5, 5.41) is 7.57.